The molecule has 1 atom stereocenters. The second-order valence-electron chi connectivity index (χ2n) is 10.8. The Hall–Kier alpha value is -0.330. The molecule has 192 valence electrons. The van der Waals surface area contributed by atoms with Crippen LogP contribution in [0, 0.1) is 5.92 Å². The second kappa shape index (κ2) is 26.9. The number of Topliss-reactive ketones (excluding diaryl/α,β-unsaturated/α-hetero) is 1. The summed E-state index contributed by atoms with van der Waals surface area (Å²) in [5.74, 6) is 1.47. The van der Waals surface area contributed by atoms with Gasteiger partial charge in [-0.05, 0) is 18.8 Å². The van der Waals surface area contributed by atoms with Crippen molar-refractivity contribution in [1.29, 1.82) is 0 Å². The van der Waals surface area contributed by atoms with Gasteiger partial charge in [0.25, 0.3) is 0 Å². The van der Waals surface area contributed by atoms with E-state index in [0.29, 0.717) is 5.78 Å². The molecule has 1 heteroatoms. The first-order valence-electron chi connectivity index (χ1n) is 15.2. The van der Waals surface area contributed by atoms with Crippen molar-refractivity contribution in [3.8, 4) is 0 Å². The number of carbonyl (C=O) groups is 1. The summed E-state index contributed by atoms with van der Waals surface area (Å²) >= 11 is 0. The van der Waals surface area contributed by atoms with Gasteiger partial charge < -0.3 is 0 Å². The van der Waals surface area contributed by atoms with Crippen LogP contribution in [0.15, 0.2) is 0 Å². The molecule has 0 saturated carbocycles. The van der Waals surface area contributed by atoms with E-state index < -0.39 is 0 Å². The summed E-state index contributed by atoms with van der Waals surface area (Å²) in [5, 5.41) is 0. The van der Waals surface area contributed by atoms with E-state index in [1.54, 1.807) is 0 Å². The third-order valence-electron chi connectivity index (χ3n) is 7.26. The molecule has 0 aromatic rings. The van der Waals surface area contributed by atoms with Crippen LogP contribution in [0.2, 0.25) is 0 Å². The van der Waals surface area contributed by atoms with Crippen LogP contribution in [-0.2, 0) is 4.79 Å². The normalized spacial score (nSPS) is 12.3. The molecule has 0 amide bonds. The van der Waals surface area contributed by atoms with Gasteiger partial charge in [-0.25, -0.2) is 0 Å². The molecule has 0 spiro atoms. The minimum absolute atomic E-state index is 0.518. The van der Waals surface area contributed by atoms with Crippen LogP contribution in [-0.4, -0.2) is 5.78 Å². The van der Waals surface area contributed by atoms with E-state index in [0.717, 1.165) is 31.6 Å². The van der Waals surface area contributed by atoms with Gasteiger partial charge in [-0.2, -0.15) is 0 Å². The summed E-state index contributed by atoms with van der Waals surface area (Å²) in [6.07, 6.45) is 34.6. The zero-order valence-corrected chi connectivity index (χ0v) is 22.9. The summed E-state index contributed by atoms with van der Waals surface area (Å²) in [4.78, 5) is 12.0. The molecule has 0 aliphatic carbocycles. The molecule has 0 aromatic heterocycles. The highest BCUT2D eigenvalue weighted by molar-refractivity contribution is 5.78. The van der Waals surface area contributed by atoms with Crippen molar-refractivity contribution in [2.24, 2.45) is 5.92 Å². The predicted octanol–water partition coefficient (Wildman–Crippen LogP) is 11.4. The van der Waals surface area contributed by atoms with Crippen molar-refractivity contribution >= 4 is 5.78 Å². The smallest absolute Gasteiger partial charge is 0.132 e. The molecule has 0 rings (SSSR count). The number of rotatable bonds is 27. The lowest BCUT2D eigenvalue weighted by Crippen LogP contribution is -1.97. The molecule has 0 aliphatic heterocycles. The van der Waals surface area contributed by atoms with Crippen LogP contribution in [0.25, 0.3) is 0 Å². The van der Waals surface area contributed by atoms with E-state index in [-0.39, 0.29) is 0 Å². The monoisotopic (exact) mass is 450 g/mol. The summed E-state index contributed by atoms with van der Waals surface area (Å²) in [6, 6.07) is 0. The third kappa shape index (κ3) is 25.9. The van der Waals surface area contributed by atoms with Gasteiger partial charge in [0.15, 0.2) is 0 Å². The Labute approximate surface area is 204 Å². The first kappa shape index (κ1) is 31.7. The summed E-state index contributed by atoms with van der Waals surface area (Å²) in [6.45, 7) is 7.01. The standard InChI is InChI=1S/C31H62O/c1-4-6-8-9-16-20-24-28-31(32)29-25-21-18-15-13-11-10-12-14-17-19-23-27-30(3)26-22-7-5-2/h30H,4-29H2,1-3H3. The molecular formula is C31H62O. The first-order chi connectivity index (χ1) is 15.7. The highest BCUT2D eigenvalue weighted by Gasteiger charge is 2.03. The highest BCUT2D eigenvalue weighted by Crippen LogP contribution is 2.18. The number of unbranched alkanes of at least 4 members (excludes halogenated alkanes) is 19. The van der Waals surface area contributed by atoms with Gasteiger partial charge in [-0.3, -0.25) is 4.79 Å². The van der Waals surface area contributed by atoms with Gasteiger partial charge >= 0.3 is 0 Å². The topological polar surface area (TPSA) is 17.1 Å². The zero-order valence-electron chi connectivity index (χ0n) is 22.9. The molecule has 32 heavy (non-hydrogen) atoms. The Bertz CT molecular complexity index is 361. The van der Waals surface area contributed by atoms with Crippen LogP contribution >= 0.6 is 0 Å². The van der Waals surface area contributed by atoms with Crippen molar-refractivity contribution in [3.63, 3.8) is 0 Å². The molecule has 0 heterocycles. The molecule has 0 bridgehead atoms. The molecule has 0 aromatic carbocycles. The molecule has 1 unspecified atom stereocenters. The third-order valence-corrected chi connectivity index (χ3v) is 7.26. The van der Waals surface area contributed by atoms with Crippen LogP contribution < -0.4 is 0 Å². The quantitative estimate of drug-likeness (QED) is 0.114. The summed E-state index contributed by atoms with van der Waals surface area (Å²) in [7, 11) is 0. The van der Waals surface area contributed by atoms with E-state index in [2.05, 4.69) is 20.8 Å². The van der Waals surface area contributed by atoms with Gasteiger partial charge in [0.2, 0.25) is 0 Å². The van der Waals surface area contributed by atoms with Gasteiger partial charge in [0.1, 0.15) is 5.78 Å². The summed E-state index contributed by atoms with van der Waals surface area (Å²) in [5.41, 5.74) is 0. The fraction of sp³-hybridized carbons (Fsp3) is 0.968. The van der Waals surface area contributed by atoms with Gasteiger partial charge in [0, 0.05) is 12.8 Å². The van der Waals surface area contributed by atoms with Crippen LogP contribution in [0.1, 0.15) is 188 Å². The molecule has 0 aliphatic rings. The number of hydrogen-bond donors (Lipinski definition) is 0. The maximum Gasteiger partial charge on any atom is 0.132 e. The Morgan fingerprint density at radius 3 is 1.12 bits per heavy atom. The fourth-order valence-corrected chi connectivity index (χ4v) is 4.87. The molecule has 0 fully saturated rings. The summed E-state index contributed by atoms with van der Waals surface area (Å²) < 4.78 is 0. The van der Waals surface area contributed by atoms with Gasteiger partial charge in [-0.1, -0.05) is 162 Å². The van der Waals surface area contributed by atoms with Crippen molar-refractivity contribution in [2.75, 3.05) is 0 Å². The molecular weight excluding hydrogens is 388 g/mol. The number of ketones is 1. The highest BCUT2D eigenvalue weighted by atomic mass is 16.1. The number of hydrogen-bond acceptors (Lipinski definition) is 1. The molecule has 0 radical (unpaired) electrons. The maximum atomic E-state index is 12.0. The molecule has 1 nitrogen and oxygen atoms in total. The Kier molecular flexibility index (Phi) is 26.6. The van der Waals surface area contributed by atoms with Crippen LogP contribution in [0.4, 0.5) is 0 Å². The van der Waals surface area contributed by atoms with Crippen molar-refractivity contribution < 1.29 is 4.79 Å². The van der Waals surface area contributed by atoms with Gasteiger partial charge in [0.05, 0.1) is 0 Å². The fourth-order valence-electron chi connectivity index (χ4n) is 4.87. The lowest BCUT2D eigenvalue weighted by atomic mass is 9.96. The van der Waals surface area contributed by atoms with E-state index in [4.69, 9.17) is 0 Å². The Morgan fingerprint density at radius 1 is 0.438 bits per heavy atom. The average molecular weight is 451 g/mol. The largest absolute Gasteiger partial charge is 0.300 e. The maximum absolute atomic E-state index is 12.0. The number of carbonyl (C=O) groups excluding carboxylic acids is 1. The van der Waals surface area contributed by atoms with E-state index in [9.17, 15) is 4.79 Å². The minimum atomic E-state index is 0.518. The van der Waals surface area contributed by atoms with Crippen molar-refractivity contribution in [1.82, 2.24) is 0 Å². The Morgan fingerprint density at radius 2 is 0.719 bits per heavy atom. The second-order valence-corrected chi connectivity index (χ2v) is 10.8. The lowest BCUT2D eigenvalue weighted by Gasteiger charge is -2.10. The van der Waals surface area contributed by atoms with E-state index in [1.807, 2.05) is 0 Å². The van der Waals surface area contributed by atoms with E-state index >= 15 is 0 Å². The Balaban J connectivity index is 3.17. The SMILES string of the molecule is CCCCCCCCCC(=O)CCCCCCCCCCCCCCC(C)CCCCC. The van der Waals surface area contributed by atoms with E-state index in [1.165, 1.54) is 141 Å². The molecule has 0 saturated heterocycles. The van der Waals surface area contributed by atoms with Crippen LogP contribution in [0.3, 0.4) is 0 Å². The minimum Gasteiger partial charge on any atom is -0.300 e. The van der Waals surface area contributed by atoms with Crippen molar-refractivity contribution in [3.05, 3.63) is 0 Å². The molecule has 0 N–H and O–H groups in total. The lowest BCUT2D eigenvalue weighted by molar-refractivity contribution is -0.119. The van der Waals surface area contributed by atoms with Gasteiger partial charge in [-0.15, -0.1) is 0 Å². The van der Waals surface area contributed by atoms with Crippen molar-refractivity contribution in [2.45, 2.75) is 188 Å². The van der Waals surface area contributed by atoms with Crippen LogP contribution in [0.5, 0.6) is 0 Å². The predicted molar refractivity (Wildman–Crippen MR) is 146 cm³/mol. The average Bonchev–Trinajstić information content (AvgIpc) is 2.78. The first-order valence-corrected chi connectivity index (χ1v) is 15.2. The zero-order chi connectivity index (χ0) is 23.5.